The van der Waals surface area contributed by atoms with Crippen molar-refractivity contribution in [1.82, 2.24) is 19.6 Å². The molecule has 4 N–H and O–H groups in total. The lowest BCUT2D eigenvalue weighted by atomic mass is 10.0. The Bertz CT molecular complexity index is 1400. The fraction of sp³-hybridized carbons (Fsp3) is 0.333. The quantitative estimate of drug-likeness (QED) is 0.385. The maximum atomic E-state index is 13.0. The first-order valence-corrected chi connectivity index (χ1v) is 12.2. The van der Waals surface area contributed by atoms with E-state index in [1.165, 1.54) is 6.20 Å². The minimum absolute atomic E-state index is 0.0118. The zero-order chi connectivity index (χ0) is 27.5. The number of benzene rings is 1. The number of imidazole rings is 1. The fourth-order valence-corrected chi connectivity index (χ4v) is 3.95. The minimum atomic E-state index is -3.00. The molecule has 9 nitrogen and oxygen atoms in total. The number of carbonyl (C=O) groups excluding carboxylic acids is 2. The van der Waals surface area contributed by atoms with Crippen LogP contribution in [0, 0.1) is 0 Å². The number of likely N-dealkylation sites (tertiary alicyclic amines) is 1. The molecule has 1 aromatic carbocycles. The fourth-order valence-electron chi connectivity index (χ4n) is 3.95. The number of nitrogens with one attached hydrogen (secondary N) is 2. The average Bonchev–Trinajstić information content (AvgIpc) is 3.25. The predicted octanol–water partition coefficient (Wildman–Crippen LogP) is 4.16. The maximum Gasteiger partial charge on any atom is 0.319 e. The molecule has 11 heteroatoms. The highest BCUT2D eigenvalue weighted by atomic mass is 19.3. The van der Waals surface area contributed by atoms with Crippen LogP contribution in [0.25, 0.3) is 22.5 Å². The molecule has 1 saturated heterocycles. The average molecular weight is 524 g/mol. The van der Waals surface area contributed by atoms with Crippen LogP contribution >= 0.6 is 0 Å². The van der Waals surface area contributed by atoms with Gasteiger partial charge in [0.25, 0.3) is 5.92 Å². The van der Waals surface area contributed by atoms with Crippen LogP contribution in [-0.2, 0) is 4.79 Å². The van der Waals surface area contributed by atoms with E-state index in [9.17, 15) is 18.4 Å². The lowest BCUT2D eigenvalue weighted by molar-refractivity contribution is -0.139. The van der Waals surface area contributed by atoms with Gasteiger partial charge < -0.3 is 21.3 Å². The predicted molar refractivity (Wildman–Crippen MR) is 144 cm³/mol. The summed E-state index contributed by atoms with van der Waals surface area (Å²) >= 11 is 0. The molecule has 200 valence electrons. The molecule has 4 rings (SSSR count). The molecule has 38 heavy (non-hydrogen) atoms. The Hall–Kier alpha value is -4.28. The number of alkyl halides is 2. The number of allylic oxidation sites excluding steroid dienone is 1. The number of pyridine rings is 1. The number of aliphatic imine (C=N–C) groups is 1. The van der Waals surface area contributed by atoms with E-state index in [0.717, 1.165) is 43.3 Å². The Morgan fingerprint density at radius 2 is 1.95 bits per heavy atom. The first-order valence-electron chi connectivity index (χ1n) is 12.2. The topological polar surface area (TPSA) is 117 Å². The van der Waals surface area contributed by atoms with Gasteiger partial charge in [0.1, 0.15) is 11.2 Å². The van der Waals surface area contributed by atoms with Gasteiger partial charge in [-0.15, -0.1) is 0 Å². The van der Waals surface area contributed by atoms with Gasteiger partial charge in [-0.05, 0) is 50.1 Å². The molecule has 2 aromatic heterocycles. The molecule has 0 atom stereocenters. The summed E-state index contributed by atoms with van der Waals surface area (Å²) in [5.74, 6) is -3.01. The van der Waals surface area contributed by atoms with Gasteiger partial charge in [-0.2, -0.15) is 0 Å². The van der Waals surface area contributed by atoms with Crippen LogP contribution in [0.5, 0.6) is 0 Å². The molecule has 1 aliphatic rings. The number of aromatic nitrogens is 2. The number of urea groups is 1. The van der Waals surface area contributed by atoms with Crippen LogP contribution in [0.1, 0.15) is 32.8 Å². The van der Waals surface area contributed by atoms with Gasteiger partial charge in [0, 0.05) is 55.4 Å². The second kappa shape index (κ2) is 10.6. The summed E-state index contributed by atoms with van der Waals surface area (Å²) in [5, 5.41) is 4.72. The standard InChI is InChI=1S/C27H31F2N7O2/c1-26(2,24(37)35-9-5-10-35)33-15-20(14-30)18-8-11-36-22(16-31-23(36)13-18)19-6-4-7-21(12-19)34-25(38)32-17-27(3,28)29/h4,6-8,11-16H,5,9-10,17,30H2,1-3H3,(H2,32,34,38). The third-order valence-electron chi connectivity index (χ3n) is 6.19. The Kier molecular flexibility index (Phi) is 7.47. The summed E-state index contributed by atoms with van der Waals surface area (Å²) in [5.41, 5.74) is 9.07. The molecule has 1 aliphatic heterocycles. The third kappa shape index (κ3) is 6.16. The number of rotatable bonds is 8. The second-order valence-electron chi connectivity index (χ2n) is 9.83. The van der Waals surface area contributed by atoms with E-state index >= 15 is 0 Å². The van der Waals surface area contributed by atoms with E-state index in [1.807, 2.05) is 28.8 Å². The number of amides is 3. The first kappa shape index (κ1) is 26.8. The van der Waals surface area contributed by atoms with Crippen molar-refractivity contribution < 1.29 is 18.4 Å². The minimum Gasteiger partial charge on any atom is -0.404 e. The van der Waals surface area contributed by atoms with E-state index in [0.29, 0.717) is 16.9 Å². The molecule has 3 heterocycles. The molecule has 0 bridgehead atoms. The van der Waals surface area contributed by atoms with Crippen LogP contribution in [-0.4, -0.2) is 63.5 Å². The molecular formula is C27H31F2N7O2. The number of nitrogens with zero attached hydrogens (tertiary/aromatic N) is 4. The van der Waals surface area contributed by atoms with Gasteiger partial charge in [0.05, 0.1) is 18.4 Å². The van der Waals surface area contributed by atoms with Gasteiger partial charge in [0.15, 0.2) is 0 Å². The first-order chi connectivity index (χ1) is 18.0. The Labute approximate surface area is 219 Å². The Morgan fingerprint density at radius 3 is 2.61 bits per heavy atom. The molecular weight excluding hydrogens is 492 g/mol. The van der Waals surface area contributed by atoms with Crippen molar-refractivity contribution in [3.63, 3.8) is 0 Å². The van der Waals surface area contributed by atoms with Crippen molar-refractivity contribution in [1.29, 1.82) is 0 Å². The van der Waals surface area contributed by atoms with Crippen LogP contribution in [0.2, 0.25) is 0 Å². The number of anilines is 1. The SMILES string of the molecule is CC(F)(F)CNC(=O)Nc1cccc(-c2cnc3cc(C(C=NC(C)(C)C(=O)N4CCC4)=CN)ccn23)c1. The molecule has 3 amide bonds. The summed E-state index contributed by atoms with van der Waals surface area (Å²) in [7, 11) is 0. The lowest BCUT2D eigenvalue weighted by Gasteiger charge is -2.35. The summed E-state index contributed by atoms with van der Waals surface area (Å²) in [6.45, 7) is 5.08. The zero-order valence-corrected chi connectivity index (χ0v) is 21.5. The van der Waals surface area contributed by atoms with Gasteiger partial charge in [-0.3, -0.25) is 14.2 Å². The highest BCUT2D eigenvalue weighted by Gasteiger charge is 2.33. The van der Waals surface area contributed by atoms with Gasteiger partial charge in [0.2, 0.25) is 5.91 Å². The van der Waals surface area contributed by atoms with Gasteiger partial charge in [-0.1, -0.05) is 12.1 Å². The van der Waals surface area contributed by atoms with Crippen LogP contribution in [0.3, 0.4) is 0 Å². The second-order valence-corrected chi connectivity index (χ2v) is 9.83. The van der Waals surface area contributed by atoms with Crippen molar-refractivity contribution >= 4 is 35.1 Å². The number of hydrogen-bond acceptors (Lipinski definition) is 5. The van der Waals surface area contributed by atoms with Crippen molar-refractivity contribution in [3.05, 3.63) is 60.6 Å². The largest absolute Gasteiger partial charge is 0.404 e. The van der Waals surface area contributed by atoms with Crippen molar-refractivity contribution in [2.45, 2.75) is 38.7 Å². The van der Waals surface area contributed by atoms with Crippen molar-refractivity contribution in [2.24, 2.45) is 10.7 Å². The smallest absolute Gasteiger partial charge is 0.319 e. The number of hydrogen-bond donors (Lipinski definition) is 3. The molecule has 0 aliphatic carbocycles. The van der Waals surface area contributed by atoms with E-state index in [-0.39, 0.29) is 5.91 Å². The number of fused-ring (bicyclic) bond motifs is 1. The van der Waals surface area contributed by atoms with Gasteiger partial charge in [-0.25, -0.2) is 18.6 Å². The van der Waals surface area contributed by atoms with Crippen molar-refractivity contribution in [2.75, 3.05) is 25.0 Å². The zero-order valence-electron chi connectivity index (χ0n) is 21.5. The van der Waals surface area contributed by atoms with Crippen molar-refractivity contribution in [3.8, 4) is 11.3 Å². The molecule has 1 fully saturated rings. The summed E-state index contributed by atoms with van der Waals surface area (Å²) in [6.07, 6.45) is 7.61. The molecule has 0 saturated carbocycles. The summed E-state index contributed by atoms with van der Waals surface area (Å²) in [6, 6.07) is 10.0. The summed E-state index contributed by atoms with van der Waals surface area (Å²) < 4.78 is 27.9. The Balaban J connectivity index is 1.51. The van der Waals surface area contributed by atoms with E-state index in [4.69, 9.17) is 5.73 Å². The van der Waals surface area contributed by atoms with Crippen LogP contribution in [0.15, 0.2) is 60.0 Å². The molecule has 0 spiro atoms. The maximum absolute atomic E-state index is 13.0. The van der Waals surface area contributed by atoms with E-state index in [2.05, 4.69) is 20.6 Å². The summed E-state index contributed by atoms with van der Waals surface area (Å²) in [4.78, 5) is 35.5. The number of carbonyl (C=O) groups is 2. The van der Waals surface area contributed by atoms with Crippen LogP contribution in [0.4, 0.5) is 19.3 Å². The van der Waals surface area contributed by atoms with Crippen LogP contribution < -0.4 is 16.4 Å². The Morgan fingerprint density at radius 1 is 1.18 bits per heavy atom. The third-order valence-corrected chi connectivity index (χ3v) is 6.19. The number of nitrogens with two attached hydrogens (primary N) is 1. The van der Waals surface area contributed by atoms with Gasteiger partial charge >= 0.3 is 6.03 Å². The molecule has 3 aromatic rings. The molecule has 0 unspecified atom stereocenters. The highest BCUT2D eigenvalue weighted by Crippen LogP contribution is 2.26. The molecule has 0 radical (unpaired) electrons. The van der Waals surface area contributed by atoms with E-state index in [1.54, 1.807) is 49.4 Å². The van der Waals surface area contributed by atoms with E-state index < -0.39 is 24.0 Å². The monoisotopic (exact) mass is 523 g/mol. The normalized spacial score (nSPS) is 14.6. The lowest BCUT2D eigenvalue weighted by Crippen LogP contribution is -2.50. The highest BCUT2D eigenvalue weighted by molar-refractivity contribution is 6.10. The number of halogens is 2.